The van der Waals surface area contributed by atoms with E-state index >= 15 is 0 Å². The van der Waals surface area contributed by atoms with Crippen LogP contribution in [-0.4, -0.2) is 6.04 Å². The first-order valence-corrected chi connectivity index (χ1v) is 6.60. The standard InChI is InChI=1S/C11H18BrNS/c1-7(2)8(3)13-6-10-5-11(12)9(4)14-10/h5,7-8,13H,6H2,1-4H3. The van der Waals surface area contributed by atoms with E-state index < -0.39 is 0 Å². The van der Waals surface area contributed by atoms with Gasteiger partial charge in [0.25, 0.3) is 0 Å². The third-order valence-corrected chi connectivity index (χ3v) is 4.64. The Morgan fingerprint density at radius 1 is 1.43 bits per heavy atom. The second-order valence-electron chi connectivity index (χ2n) is 4.03. The second kappa shape index (κ2) is 5.29. The molecule has 0 saturated heterocycles. The van der Waals surface area contributed by atoms with Crippen LogP contribution in [0, 0.1) is 12.8 Å². The molecule has 1 N–H and O–H groups in total. The van der Waals surface area contributed by atoms with Gasteiger partial charge in [-0.05, 0) is 41.8 Å². The van der Waals surface area contributed by atoms with Crippen molar-refractivity contribution >= 4 is 27.3 Å². The molecule has 3 heteroatoms. The van der Waals surface area contributed by atoms with Crippen molar-refractivity contribution in [3.05, 3.63) is 20.3 Å². The van der Waals surface area contributed by atoms with E-state index in [1.807, 2.05) is 11.3 Å². The van der Waals surface area contributed by atoms with Crippen LogP contribution in [0.3, 0.4) is 0 Å². The molecule has 0 saturated carbocycles. The summed E-state index contributed by atoms with van der Waals surface area (Å²) < 4.78 is 1.23. The Balaban J connectivity index is 2.46. The van der Waals surface area contributed by atoms with Gasteiger partial charge >= 0.3 is 0 Å². The molecule has 1 nitrogen and oxygen atoms in total. The predicted molar refractivity (Wildman–Crippen MR) is 67.9 cm³/mol. The molecule has 80 valence electrons. The maximum absolute atomic E-state index is 3.53. The Kier molecular flexibility index (Phi) is 4.61. The summed E-state index contributed by atoms with van der Waals surface area (Å²) in [6, 6.07) is 2.79. The lowest BCUT2D eigenvalue weighted by Crippen LogP contribution is -2.29. The van der Waals surface area contributed by atoms with Gasteiger partial charge in [0.05, 0.1) is 0 Å². The highest BCUT2D eigenvalue weighted by Crippen LogP contribution is 2.26. The van der Waals surface area contributed by atoms with Crippen molar-refractivity contribution in [2.24, 2.45) is 5.92 Å². The van der Waals surface area contributed by atoms with Crippen molar-refractivity contribution in [3.8, 4) is 0 Å². The molecule has 1 atom stereocenters. The molecule has 1 rings (SSSR count). The number of nitrogens with one attached hydrogen (secondary N) is 1. The van der Waals surface area contributed by atoms with Gasteiger partial charge in [0.2, 0.25) is 0 Å². The van der Waals surface area contributed by atoms with Crippen LogP contribution in [0.25, 0.3) is 0 Å². The molecule has 0 aliphatic rings. The third kappa shape index (κ3) is 3.37. The van der Waals surface area contributed by atoms with Crippen molar-refractivity contribution in [1.29, 1.82) is 0 Å². The Labute approximate surface area is 99.0 Å². The van der Waals surface area contributed by atoms with E-state index in [1.54, 1.807) is 0 Å². The van der Waals surface area contributed by atoms with Crippen LogP contribution in [0.1, 0.15) is 30.5 Å². The van der Waals surface area contributed by atoms with E-state index in [2.05, 4.69) is 55.0 Å². The second-order valence-corrected chi connectivity index (χ2v) is 6.23. The number of aryl methyl sites for hydroxylation is 1. The van der Waals surface area contributed by atoms with E-state index in [-0.39, 0.29) is 0 Å². The van der Waals surface area contributed by atoms with Gasteiger partial charge in [-0.2, -0.15) is 0 Å². The molecule has 1 aromatic heterocycles. The van der Waals surface area contributed by atoms with Crippen molar-refractivity contribution in [2.75, 3.05) is 0 Å². The lowest BCUT2D eigenvalue weighted by Gasteiger charge is -2.16. The highest BCUT2D eigenvalue weighted by Gasteiger charge is 2.07. The molecule has 0 fully saturated rings. The molecule has 1 aromatic rings. The Morgan fingerprint density at radius 3 is 2.50 bits per heavy atom. The average Bonchev–Trinajstić information content (AvgIpc) is 2.42. The summed E-state index contributed by atoms with van der Waals surface area (Å²) in [7, 11) is 0. The smallest absolute Gasteiger partial charge is 0.0314 e. The zero-order chi connectivity index (χ0) is 10.7. The SMILES string of the molecule is Cc1sc(CNC(C)C(C)C)cc1Br. The van der Waals surface area contributed by atoms with Crippen molar-refractivity contribution < 1.29 is 0 Å². The molecular weight excluding hydrogens is 258 g/mol. The van der Waals surface area contributed by atoms with Gasteiger partial charge in [0, 0.05) is 26.8 Å². The Hall–Kier alpha value is 0.140. The maximum Gasteiger partial charge on any atom is 0.0314 e. The fourth-order valence-electron chi connectivity index (χ4n) is 1.10. The molecule has 0 spiro atoms. The van der Waals surface area contributed by atoms with E-state index in [0.717, 1.165) is 6.54 Å². The first kappa shape index (κ1) is 12.2. The van der Waals surface area contributed by atoms with Gasteiger partial charge in [-0.3, -0.25) is 0 Å². The molecule has 0 radical (unpaired) electrons. The fourth-order valence-corrected chi connectivity index (χ4v) is 2.65. The Morgan fingerprint density at radius 2 is 2.07 bits per heavy atom. The van der Waals surface area contributed by atoms with Gasteiger partial charge in [-0.25, -0.2) is 0 Å². The van der Waals surface area contributed by atoms with Crippen LogP contribution in [-0.2, 0) is 6.54 Å². The van der Waals surface area contributed by atoms with Crippen LogP contribution in [0.5, 0.6) is 0 Å². The molecule has 1 unspecified atom stereocenters. The molecule has 14 heavy (non-hydrogen) atoms. The summed E-state index contributed by atoms with van der Waals surface area (Å²) in [5, 5.41) is 3.53. The fraction of sp³-hybridized carbons (Fsp3) is 0.636. The predicted octanol–water partition coefficient (Wildman–Crippen LogP) is 3.95. The largest absolute Gasteiger partial charge is 0.309 e. The zero-order valence-electron chi connectivity index (χ0n) is 9.23. The minimum atomic E-state index is 0.580. The highest BCUT2D eigenvalue weighted by atomic mass is 79.9. The molecule has 0 aromatic carbocycles. The first-order chi connectivity index (χ1) is 6.50. The monoisotopic (exact) mass is 275 g/mol. The third-order valence-electron chi connectivity index (χ3n) is 2.51. The minimum absolute atomic E-state index is 0.580. The van der Waals surface area contributed by atoms with Crippen molar-refractivity contribution in [3.63, 3.8) is 0 Å². The number of hydrogen-bond acceptors (Lipinski definition) is 2. The first-order valence-electron chi connectivity index (χ1n) is 4.99. The molecule has 0 amide bonds. The summed E-state index contributed by atoms with van der Waals surface area (Å²) in [5.41, 5.74) is 0. The van der Waals surface area contributed by atoms with Gasteiger partial charge in [0.15, 0.2) is 0 Å². The minimum Gasteiger partial charge on any atom is -0.309 e. The van der Waals surface area contributed by atoms with Gasteiger partial charge < -0.3 is 5.32 Å². The van der Waals surface area contributed by atoms with Crippen LogP contribution in [0.2, 0.25) is 0 Å². The van der Waals surface area contributed by atoms with Gasteiger partial charge in [-0.1, -0.05) is 13.8 Å². The van der Waals surface area contributed by atoms with Crippen LogP contribution < -0.4 is 5.32 Å². The van der Waals surface area contributed by atoms with Gasteiger partial charge in [-0.15, -0.1) is 11.3 Å². The highest BCUT2D eigenvalue weighted by molar-refractivity contribution is 9.10. The number of hydrogen-bond donors (Lipinski definition) is 1. The summed E-state index contributed by atoms with van der Waals surface area (Å²) in [6.45, 7) is 9.85. The van der Waals surface area contributed by atoms with Crippen molar-refractivity contribution in [2.45, 2.75) is 40.3 Å². The average molecular weight is 276 g/mol. The molecule has 0 bridgehead atoms. The van der Waals surface area contributed by atoms with Crippen LogP contribution >= 0.6 is 27.3 Å². The van der Waals surface area contributed by atoms with E-state index in [4.69, 9.17) is 0 Å². The lowest BCUT2D eigenvalue weighted by atomic mass is 10.1. The topological polar surface area (TPSA) is 12.0 Å². The van der Waals surface area contributed by atoms with E-state index in [9.17, 15) is 0 Å². The van der Waals surface area contributed by atoms with Crippen molar-refractivity contribution in [1.82, 2.24) is 5.32 Å². The summed E-state index contributed by atoms with van der Waals surface area (Å²) in [6.07, 6.45) is 0. The molecular formula is C11H18BrNS. The maximum atomic E-state index is 3.53. The van der Waals surface area contributed by atoms with E-state index in [1.165, 1.54) is 14.2 Å². The summed E-state index contributed by atoms with van der Waals surface area (Å²) >= 11 is 5.39. The van der Waals surface area contributed by atoms with Crippen LogP contribution in [0.4, 0.5) is 0 Å². The molecule has 1 heterocycles. The normalized spacial score (nSPS) is 13.6. The van der Waals surface area contributed by atoms with E-state index in [0.29, 0.717) is 12.0 Å². The number of thiophene rings is 1. The molecule has 0 aliphatic carbocycles. The zero-order valence-corrected chi connectivity index (χ0v) is 11.6. The summed E-state index contributed by atoms with van der Waals surface area (Å²) in [4.78, 5) is 2.76. The summed E-state index contributed by atoms with van der Waals surface area (Å²) in [5.74, 6) is 0.694. The van der Waals surface area contributed by atoms with Gasteiger partial charge in [0.1, 0.15) is 0 Å². The quantitative estimate of drug-likeness (QED) is 0.878. The van der Waals surface area contributed by atoms with Crippen LogP contribution in [0.15, 0.2) is 10.5 Å². The lowest BCUT2D eigenvalue weighted by molar-refractivity contribution is 0.427. The number of halogens is 1. The Bertz CT molecular complexity index is 274. The molecule has 0 aliphatic heterocycles. The number of rotatable bonds is 4.